The van der Waals surface area contributed by atoms with Gasteiger partial charge in [-0.05, 0) is 50.2 Å². The molecule has 0 aliphatic rings. The van der Waals surface area contributed by atoms with E-state index in [0.29, 0.717) is 0 Å². The van der Waals surface area contributed by atoms with Crippen LogP contribution in [-0.4, -0.2) is 20.4 Å². The van der Waals surface area contributed by atoms with Gasteiger partial charge in [0.15, 0.2) is 5.78 Å². The zero-order valence-electron chi connectivity index (χ0n) is 18.6. The van der Waals surface area contributed by atoms with Crippen LogP contribution in [0.2, 0.25) is 0 Å². The molecule has 5 nitrogen and oxygen atoms in total. The minimum absolute atomic E-state index is 0. The predicted octanol–water partition coefficient (Wildman–Crippen LogP) is 6.91. The molecule has 0 saturated carbocycles. The first-order valence-corrected chi connectivity index (χ1v) is 10.6. The topological polar surface area (TPSA) is 68.3 Å². The number of nitrogens with zero attached hydrogens (tertiary/aromatic N) is 2. The van der Waals surface area contributed by atoms with Gasteiger partial charge in [-0.25, -0.2) is 0 Å². The molecule has 0 amide bonds. The Morgan fingerprint density at radius 1 is 0.941 bits per heavy atom. The number of fused-ring (bicyclic) bond motifs is 2. The molecule has 6 aromatic rings. The summed E-state index contributed by atoms with van der Waals surface area (Å²) in [7, 11) is 0. The van der Waals surface area contributed by atoms with Gasteiger partial charge in [0.25, 0.3) is 0 Å². The molecule has 0 atom stereocenters. The minimum atomic E-state index is -0.125. The quantitative estimate of drug-likeness (QED) is 0.129. The molecule has 0 spiro atoms. The van der Waals surface area contributed by atoms with Crippen molar-refractivity contribution in [3.8, 4) is 5.69 Å². The van der Waals surface area contributed by atoms with Crippen molar-refractivity contribution in [1.29, 1.82) is 0 Å². The van der Waals surface area contributed by atoms with E-state index in [9.17, 15) is 4.79 Å². The molecule has 0 bridgehead atoms. The second-order valence-corrected chi connectivity index (χ2v) is 7.78. The number of allylic oxidation sites excluding steroid dienone is 2. The number of ketones is 1. The van der Waals surface area contributed by atoms with Crippen molar-refractivity contribution >= 4 is 49.7 Å². The number of aliphatic hydroxyl groups is 1. The molecule has 3 heterocycles. The molecule has 0 fully saturated rings. The van der Waals surface area contributed by atoms with Crippen LogP contribution in [0.3, 0.4) is 0 Å². The number of para-hydroxylation sites is 1. The van der Waals surface area contributed by atoms with Gasteiger partial charge < -0.3 is 19.1 Å². The normalized spacial score (nSPS) is 11.4. The second kappa shape index (κ2) is 9.64. The van der Waals surface area contributed by atoms with Gasteiger partial charge in [-0.15, -0.1) is 17.5 Å². The second-order valence-electron chi connectivity index (χ2n) is 7.78. The molecule has 34 heavy (non-hydrogen) atoms. The van der Waals surface area contributed by atoms with Crippen molar-refractivity contribution in [2.75, 3.05) is 0 Å². The van der Waals surface area contributed by atoms with E-state index >= 15 is 0 Å². The molecule has 3 aromatic heterocycles. The van der Waals surface area contributed by atoms with Crippen LogP contribution < -0.4 is 0 Å². The minimum Gasteiger partial charge on any atom is -0.512 e. The van der Waals surface area contributed by atoms with E-state index in [4.69, 9.17) is 14.5 Å². The molecular weight excluding hydrogens is 605 g/mol. The van der Waals surface area contributed by atoms with Crippen molar-refractivity contribution in [2.45, 2.75) is 13.8 Å². The van der Waals surface area contributed by atoms with Gasteiger partial charge in [-0.1, -0.05) is 35.7 Å². The summed E-state index contributed by atoms with van der Waals surface area (Å²) in [4.78, 5) is 14.7. The number of carbonyl (C=O) groups excluding carboxylic acids is 1. The van der Waals surface area contributed by atoms with Gasteiger partial charge in [0.05, 0.1) is 11.3 Å². The van der Waals surface area contributed by atoms with Crippen molar-refractivity contribution in [2.24, 2.45) is 0 Å². The summed E-state index contributed by atoms with van der Waals surface area (Å²) in [5.41, 5.74) is 5.91. The summed E-state index contributed by atoms with van der Waals surface area (Å²) in [6, 6.07) is 28.0. The molecule has 6 rings (SSSR count). The van der Waals surface area contributed by atoms with Crippen LogP contribution in [0.15, 0.2) is 95.2 Å². The number of aliphatic hydroxyl groups excluding tert-OH is 1. The van der Waals surface area contributed by atoms with Gasteiger partial charge in [0.2, 0.25) is 0 Å². The van der Waals surface area contributed by atoms with E-state index in [1.165, 1.54) is 19.9 Å². The summed E-state index contributed by atoms with van der Waals surface area (Å²) in [6.07, 6.45) is 3.00. The SMILES string of the molecule is CC(=O)/C=C(/C)O.[Ir].[c-]1ccc2oc3cccc4c3c2c1c1ncccc1n4-c1ccccc1. The van der Waals surface area contributed by atoms with Gasteiger partial charge in [0.1, 0.15) is 5.58 Å². The molecule has 6 heteroatoms. The Morgan fingerprint density at radius 3 is 2.38 bits per heavy atom. The third-order valence-electron chi connectivity index (χ3n) is 5.36. The smallest absolute Gasteiger partial charge is 0.155 e. The fourth-order valence-electron chi connectivity index (χ4n) is 4.21. The van der Waals surface area contributed by atoms with E-state index < -0.39 is 0 Å². The van der Waals surface area contributed by atoms with E-state index in [1.54, 1.807) is 0 Å². The Labute approximate surface area is 209 Å². The van der Waals surface area contributed by atoms with E-state index in [1.807, 2.05) is 42.6 Å². The van der Waals surface area contributed by atoms with Crippen molar-refractivity contribution in [1.82, 2.24) is 9.55 Å². The summed E-state index contributed by atoms with van der Waals surface area (Å²) in [5.74, 6) is -0.0625. The molecule has 1 radical (unpaired) electrons. The van der Waals surface area contributed by atoms with Crippen molar-refractivity contribution in [3.63, 3.8) is 0 Å². The standard InChI is InChI=1S/C23H13N2O.C5H8O2.Ir/c1-2-7-15(8-3-1)25-17-10-5-13-20-22(17)21-16(9-4-12-19(21)26-20)23-18(25)11-6-14-24-23;1-4(6)3-5(2)7;/h1-8,10-14H;3,6H,1-2H3;/q-1;;/b;4-3-;. The number of hydrogen-bond donors (Lipinski definition) is 1. The number of rotatable bonds is 2. The monoisotopic (exact) mass is 626 g/mol. The summed E-state index contributed by atoms with van der Waals surface area (Å²) < 4.78 is 8.39. The van der Waals surface area contributed by atoms with Gasteiger partial charge in [-0.3, -0.25) is 4.79 Å². The van der Waals surface area contributed by atoms with Crippen LogP contribution in [0.25, 0.3) is 49.6 Å². The summed E-state index contributed by atoms with van der Waals surface area (Å²) in [5, 5.41) is 11.5. The third-order valence-corrected chi connectivity index (χ3v) is 5.36. The first-order chi connectivity index (χ1) is 16.0. The van der Waals surface area contributed by atoms with Crippen LogP contribution in [0.5, 0.6) is 0 Å². The first kappa shape index (κ1) is 23.4. The van der Waals surface area contributed by atoms with Crippen LogP contribution >= 0.6 is 0 Å². The fourth-order valence-corrected chi connectivity index (χ4v) is 4.21. The number of benzene rings is 3. The number of pyridine rings is 1. The Morgan fingerprint density at radius 2 is 1.68 bits per heavy atom. The fraction of sp³-hybridized carbons (Fsp3) is 0.0714. The van der Waals surface area contributed by atoms with E-state index in [2.05, 4.69) is 47.0 Å². The van der Waals surface area contributed by atoms with Crippen LogP contribution in [0.1, 0.15) is 13.8 Å². The molecular formula is C28H21IrN2O3-. The molecule has 0 unspecified atom stereocenters. The largest absolute Gasteiger partial charge is 0.512 e. The van der Waals surface area contributed by atoms with E-state index in [-0.39, 0.29) is 31.6 Å². The number of carbonyl (C=O) groups is 1. The maximum atomic E-state index is 10.0. The maximum Gasteiger partial charge on any atom is 0.155 e. The molecule has 0 aliphatic heterocycles. The Balaban J connectivity index is 0.000000303. The Bertz CT molecular complexity index is 1660. The van der Waals surface area contributed by atoms with Crippen LogP contribution in [0.4, 0.5) is 0 Å². The number of aromatic nitrogens is 2. The zero-order chi connectivity index (χ0) is 22.9. The average molecular weight is 626 g/mol. The van der Waals surface area contributed by atoms with Crippen molar-refractivity contribution in [3.05, 3.63) is 96.9 Å². The van der Waals surface area contributed by atoms with Gasteiger partial charge >= 0.3 is 0 Å². The number of furan rings is 1. The van der Waals surface area contributed by atoms with Gasteiger partial charge in [0, 0.05) is 60.0 Å². The molecule has 0 aliphatic carbocycles. The molecule has 3 aromatic carbocycles. The summed E-state index contributed by atoms with van der Waals surface area (Å²) >= 11 is 0. The predicted molar refractivity (Wildman–Crippen MR) is 132 cm³/mol. The van der Waals surface area contributed by atoms with E-state index in [0.717, 1.165) is 49.6 Å². The summed E-state index contributed by atoms with van der Waals surface area (Å²) in [6.45, 7) is 2.85. The first-order valence-electron chi connectivity index (χ1n) is 10.6. The maximum absolute atomic E-state index is 10.0. The van der Waals surface area contributed by atoms with Crippen molar-refractivity contribution < 1.29 is 34.4 Å². The molecule has 171 valence electrons. The number of hydrogen-bond acceptors (Lipinski definition) is 4. The average Bonchev–Trinajstić information content (AvgIpc) is 3.13. The molecule has 1 N–H and O–H groups in total. The Kier molecular flexibility index (Phi) is 6.64. The molecule has 0 saturated heterocycles. The van der Waals surface area contributed by atoms with Gasteiger partial charge in [-0.2, -0.15) is 0 Å². The van der Waals surface area contributed by atoms with Crippen LogP contribution in [0, 0.1) is 6.07 Å². The van der Waals surface area contributed by atoms with Crippen LogP contribution in [-0.2, 0) is 24.9 Å². The Hall–Kier alpha value is -3.73. The third kappa shape index (κ3) is 4.14. The zero-order valence-corrected chi connectivity index (χ0v) is 21.0.